The first-order chi connectivity index (χ1) is 8.66. The Morgan fingerprint density at radius 3 is 3.11 bits per heavy atom. The third kappa shape index (κ3) is 3.01. The molecule has 0 aliphatic carbocycles. The Bertz CT molecular complexity index is 540. The van der Waals surface area contributed by atoms with E-state index < -0.39 is 0 Å². The van der Waals surface area contributed by atoms with Crippen LogP contribution in [0.2, 0.25) is 5.02 Å². The molecule has 0 aliphatic rings. The lowest BCUT2D eigenvalue weighted by molar-refractivity contribution is 0.0954. The van der Waals surface area contributed by atoms with Crippen molar-refractivity contribution in [3.63, 3.8) is 0 Å². The quantitative estimate of drug-likeness (QED) is 0.884. The summed E-state index contributed by atoms with van der Waals surface area (Å²) >= 11 is 5.87. The molecule has 2 rings (SSSR count). The van der Waals surface area contributed by atoms with E-state index in [0.29, 0.717) is 18.5 Å². The van der Waals surface area contributed by atoms with E-state index in [-0.39, 0.29) is 16.7 Å². The van der Waals surface area contributed by atoms with Gasteiger partial charge in [-0.1, -0.05) is 11.6 Å². The number of aromatic nitrogens is 1. The summed E-state index contributed by atoms with van der Waals surface area (Å²) in [6, 6.07) is 5.10. The third-order valence-electron chi connectivity index (χ3n) is 2.36. The number of furan rings is 1. The number of amides is 1. The van der Waals surface area contributed by atoms with Crippen LogP contribution in [0.5, 0.6) is 0 Å². The zero-order valence-corrected chi connectivity index (χ0v) is 10.3. The first-order valence-electron chi connectivity index (χ1n) is 5.38. The van der Waals surface area contributed by atoms with Gasteiger partial charge in [-0.2, -0.15) is 0 Å². The van der Waals surface area contributed by atoms with Crippen LogP contribution in [0, 0.1) is 0 Å². The fourth-order valence-corrected chi connectivity index (χ4v) is 1.67. The molecule has 0 unspecified atom stereocenters. The molecule has 2 heterocycles. The van der Waals surface area contributed by atoms with Gasteiger partial charge in [-0.25, -0.2) is 4.98 Å². The SMILES string of the molecule is Nc1cc(C(=O)NCCc2ccco2)c(Cl)cn1. The average molecular weight is 266 g/mol. The summed E-state index contributed by atoms with van der Waals surface area (Å²) in [6.07, 6.45) is 3.58. The van der Waals surface area contributed by atoms with E-state index in [4.69, 9.17) is 21.8 Å². The van der Waals surface area contributed by atoms with E-state index >= 15 is 0 Å². The maximum absolute atomic E-state index is 11.8. The predicted octanol–water partition coefficient (Wildman–Crippen LogP) is 1.88. The highest BCUT2D eigenvalue weighted by molar-refractivity contribution is 6.33. The van der Waals surface area contributed by atoms with E-state index in [1.54, 1.807) is 12.3 Å². The molecule has 5 nitrogen and oxygen atoms in total. The number of halogens is 1. The molecule has 0 fully saturated rings. The highest BCUT2D eigenvalue weighted by Gasteiger charge is 2.11. The van der Waals surface area contributed by atoms with Gasteiger partial charge in [0.2, 0.25) is 0 Å². The number of carbonyl (C=O) groups excluding carboxylic acids is 1. The molecule has 0 aliphatic heterocycles. The van der Waals surface area contributed by atoms with Gasteiger partial charge in [-0.15, -0.1) is 0 Å². The zero-order valence-electron chi connectivity index (χ0n) is 9.52. The standard InChI is InChI=1S/C12H12ClN3O2/c13-10-7-16-11(14)6-9(10)12(17)15-4-3-8-2-1-5-18-8/h1-2,5-7H,3-4H2,(H2,14,16)(H,15,17). The van der Waals surface area contributed by atoms with Crippen molar-refractivity contribution in [3.05, 3.63) is 47.0 Å². The Kier molecular flexibility index (Phi) is 3.84. The van der Waals surface area contributed by atoms with Crippen LogP contribution in [-0.4, -0.2) is 17.4 Å². The van der Waals surface area contributed by atoms with Gasteiger partial charge >= 0.3 is 0 Å². The van der Waals surface area contributed by atoms with Crippen LogP contribution in [0.1, 0.15) is 16.1 Å². The van der Waals surface area contributed by atoms with Crippen molar-refractivity contribution >= 4 is 23.3 Å². The van der Waals surface area contributed by atoms with Crippen molar-refractivity contribution in [2.24, 2.45) is 0 Å². The second-order valence-electron chi connectivity index (χ2n) is 3.67. The van der Waals surface area contributed by atoms with Crippen molar-refractivity contribution < 1.29 is 9.21 Å². The minimum Gasteiger partial charge on any atom is -0.469 e. The summed E-state index contributed by atoms with van der Waals surface area (Å²) in [7, 11) is 0. The smallest absolute Gasteiger partial charge is 0.253 e. The van der Waals surface area contributed by atoms with Gasteiger partial charge in [0, 0.05) is 19.2 Å². The van der Waals surface area contributed by atoms with Crippen LogP contribution in [0.25, 0.3) is 0 Å². The second kappa shape index (κ2) is 5.55. The molecule has 2 aromatic rings. The number of anilines is 1. The van der Waals surface area contributed by atoms with Crippen LogP contribution >= 0.6 is 11.6 Å². The first kappa shape index (κ1) is 12.4. The summed E-state index contributed by atoms with van der Waals surface area (Å²) in [5, 5.41) is 3.02. The van der Waals surface area contributed by atoms with Crippen LogP contribution < -0.4 is 11.1 Å². The number of carbonyl (C=O) groups is 1. The van der Waals surface area contributed by atoms with Crippen molar-refractivity contribution in [2.75, 3.05) is 12.3 Å². The molecular weight excluding hydrogens is 254 g/mol. The maximum Gasteiger partial charge on any atom is 0.253 e. The number of nitrogens with zero attached hydrogens (tertiary/aromatic N) is 1. The number of hydrogen-bond donors (Lipinski definition) is 2. The molecule has 18 heavy (non-hydrogen) atoms. The molecule has 0 aromatic carbocycles. The van der Waals surface area contributed by atoms with E-state index in [9.17, 15) is 4.79 Å². The lowest BCUT2D eigenvalue weighted by Crippen LogP contribution is -2.26. The summed E-state index contributed by atoms with van der Waals surface area (Å²) in [6.45, 7) is 0.463. The minimum absolute atomic E-state index is 0.260. The molecule has 0 bridgehead atoms. The third-order valence-corrected chi connectivity index (χ3v) is 2.66. The first-order valence-corrected chi connectivity index (χ1v) is 5.76. The normalized spacial score (nSPS) is 10.3. The number of pyridine rings is 1. The molecule has 0 atom stereocenters. The van der Waals surface area contributed by atoms with Gasteiger partial charge in [-0.05, 0) is 18.2 Å². The summed E-state index contributed by atoms with van der Waals surface area (Å²) in [5.41, 5.74) is 5.83. The van der Waals surface area contributed by atoms with E-state index in [0.717, 1.165) is 5.76 Å². The largest absolute Gasteiger partial charge is 0.469 e. The molecule has 0 radical (unpaired) electrons. The minimum atomic E-state index is -0.277. The summed E-state index contributed by atoms with van der Waals surface area (Å²) in [5.74, 6) is 0.798. The molecule has 94 valence electrons. The van der Waals surface area contributed by atoms with E-state index in [2.05, 4.69) is 10.3 Å². The van der Waals surface area contributed by atoms with Crippen LogP contribution in [0.3, 0.4) is 0 Å². The maximum atomic E-state index is 11.8. The van der Waals surface area contributed by atoms with Crippen LogP contribution in [0.15, 0.2) is 35.1 Å². The second-order valence-corrected chi connectivity index (χ2v) is 4.08. The van der Waals surface area contributed by atoms with Gasteiger partial charge < -0.3 is 15.5 Å². The number of nitrogens with two attached hydrogens (primary N) is 1. The van der Waals surface area contributed by atoms with Gasteiger partial charge in [0.05, 0.1) is 16.8 Å². The highest BCUT2D eigenvalue weighted by atomic mass is 35.5. The molecule has 1 amide bonds. The van der Waals surface area contributed by atoms with E-state index in [1.807, 2.05) is 6.07 Å². The molecule has 0 saturated carbocycles. The highest BCUT2D eigenvalue weighted by Crippen LogP contribution is 2.16. The van der Waals surface area contributed by atoms with Crippen molar-refractivity contribution in [2.45, 2.75) is 6.42 Å². The monoisotopic (exact) mass is 265 g/mol. The van der Waals surface area contributed by atoms with Crippen molar-refractivity contribution in [1.82, 2.24) is 10.3 Å². The molecular formula is C12H12ClN3O2. The van der Waals surface area contributed by atoms with Crippen molar-refractivity contribution in [1.29, 1.82) is 0 Å². The molecule has 2 aromatic heterocycles. The Hall–Kier alpha value is -2.01. The Morgan fingerprint density at radius 1 is 1.56 bits per heavy atom. The predicted molar refractivity (Wildman–Crippen MR) is 68.4 cm³/mol. The lowest BCUT2D eigenvalue weighted by atomic mass is 10.2. The van der Waals surface area contributed by atoms with Gasteiger partial charge in [0.25, 0.3) is 5.91 Å². The average Bonchev–Trinajstić information content (AvgIpc) is 2.85. The number of nitrogen functional groups attached to an aromatic ring is 1. The molecule has 0 saturated heterocycles. The Morgan fingerprint density at radius 2 is 2.39 bits per heavy atom. The molecule has 6 heteroatoms. The molecule has 3 N–H and O–H groups in total. The summed E-state index contributed by atoms with van der Waals surface area (Å²) < 4.78 is 5.16. The van der Waals surface area contributed by atoms with Gasteiger partial charge in [-0.3, -0.25) is 4.79 Å². The lowest BCUT2D eigenvalue weighted by Gasteiger charge is -2.06. The Labute approximate surface area is 109 Å². The van der Waals surface area contributed by atoms with Crippen LogP contribution in [0.4, 0.5) is 5.82 Å². The Balaban J connectivity index is 1.93. The van der Waals surface area contributed by atoms with Gasteiger partial charge in [0.15, 0.2) is 0 Å². The zero-order chi connectivity index (χ0) is 13.0. The van der Waals surface area contributed by atoms with Crippen molar-refractivity contribution in [3.8, 4) is 0 Å². The fraction of sp³-hybridized carbons (Fsp3) is 0.167. The topological polar surface area (TPSA) is 81.2 Å². The number of rotatable bonds is 4. The number of hydrogen-bond acceptors (Lipinski definition) is 4. The molecule has 0 spiro atoms. The fourth-order valence-electron chi connectivity index (χ4n) is 1.48. The summed E-state index contributed by atoms with van der Waals surface area (Å²) in [4.78, 5) is 15.6. The van der Waals surface area contributed by atoms with Gasteiger partial charge in [0.1, 0.15) is 11.6 Å². The number of nitrogens with one attached hydrogen (secondary N) is 1. The van der Waals surface area contributed by atoms with E-state index in [1.165, 1.54) is 12.3 Å². The van der Waals surface area contributed by atoms with Crippen LogP contribution in [-0.2, 0) is 6.42 Å².